The molecule has 0 saturated heterocycles. The molecule has 0 aliphatic rings. The van der Waals surface area contributed by atoms with Crippen LogP contribution in [0.4, 0.5) is 0 Å². The lowest BCUT2D eigenvalue weighted by Crippen LogP contribution is -2.36. The number of aliphatic hydroxyl groups is 1. The first-order valence-corrected chi connectivity index (χ1v) is 7.68. The number of methoxy groups -OCH3 is 1. The van der Waals surface area contributed by atoms with Gasteiger partial charge in [-0.15, -0.1) is 0 Å². The van der Waals surface area contributed by atoms with Crippen molar-refractivity contribution >= 4 is 33.0 Å². The standard InChI is InChI=1S/C9H15ClN2O4S2/c1-6-8(17-9(10)11-6)18(14,15)12(2)4-7(13)5-16-3/h7,13H,4-5H2,1-3H3. The first kappa shape index (κ1) is 15.8. The monoisotopic (exact) mass is 314 g/mol. The van der Waals surface area contributed by atoms with Gasteiger partial charge in [0.25, 0.3) is 10.0 Å². The Morgan fingerprint density at radius 1 is 1.61 bits per heavy atom. The third-order valence-electron chi connectivity index (χ3n) is 2.20. The zero-order chi connectivity index (χ0) is 13.9. The van der Waals surface area contributed by atoms with E-state index in [-0.39, 0.29) is 21.8 Å². The summed E-state index contributed by atoms with van der Waals surface area (Å²) in [6, 6.07) is 0. The number of hydrogen-bond donors (Lipinski definition) is 1. The van der Waals surface area contributed by atoms with E-state index in [1.165, 1.54) is 14.2 Å². The molecule has 6 nitrogen and oxygen atoms in total. The summed E-state index contributed by atoms with van der Waals surface area (Å²) in [5.74, 6) is 0. The Hall–Kier alpha value is -0.250. The van der Waals surface area contributed by atoms with E-state index in [9.17, 15) is 13.5 Å². The fourth-order valence-electron chi connectivity index (χ4n) is 1.37. The van der Waals surface area contributed by atoms with E-state index in [4.69, 9.17) is 16.3 Å². The van der Waals surface area contributed by atoms with Crippen LogP contribution in [0.15, 0.2) is 4.21 Å². The van der Waals surface area contributed by atoms with E-state index in [0.717, 1.165) is 15.6 Å². The van der Waals surface area contributed by atoms with Crippen molar-refractivity contribution in [2.75, 3.05) is 27.3 Å². The van der Waals surface area contributed by atoms with Crippen LogP contribution in [0.5, 0.6) is 0 Å². The average Bonchev–Trinajstić information content (AvgIpc) is 2.58. The highest BCUT2D eigenvalue weighted by molar-refractivity contribution is 7.91. The van der Waals surface area contributed by atoms with Gasteiger partial charge in [-0.2, -0.15) is 4.31 Å². The van der Waals surface area contributed by atoms with Crippen LogP contribution < -0.4 is 0 Å². The molecule has 104 valence electrons. The van der Waals surface area contributed by atoms with Crippen LogP contribution in [0.3, 0.4) is 0 Å². The summed E-state index contributed by atoms with van der Waals surface area (Å²) in [7, 11) is -0.847. The summed E-state index contributed by atoms with van der Waals surface area (Å²) >= 11 is 6.59. The van der Waals surface area contributed by atoms with Crippen LogP contribution in [0.2, 0.25) is 4.47 Å². The van der Waals surface area contributed by atoms with Crippen molar-refractivity contribution in [2.45, 2.75) is 17.2 Å². The predicted molar refractivity (Wildman–Crippen MR) is 69.6 cm³/mol. The minimum Gasteiger partial charge on any atom is -0.389 e. The van der Waals surface area contributed by atoms with Crippen molar-refractivity contribution in [3.05, 3.63) is 10.2 Å². The van der Waals surface area contributed by atoms with E-state index in [1.54, 1.807) is 6.92 Å². The number of hydrogen-bond acceptors (Lipinski definition) is 6. The lowest BCUT2D eigenvalue weighted by molar-refractivity contribution is 0.0554. The summed E-state index contributed by atoms with van der Waals surface area (Å²) in [5.41, 5.74) is 0.359. The van der Waals surface area contributed by atoms with Gasteiger partial charge in [0, 0.05) is 20.7 Å². The van der Waals surface area contributed by atoms with Crippen LogP contribution in [-0.4, -0.2) is 56.2 Å². The maximum atomic E-state index is 12.2. The van der Waals surface area contributed by atoms with Gasteiger partial charge in [-0.3, -0.25) is 0 Å². The van der Waals surface area contributed by atoms with Gasteiger partial charge in [-0.05, 0) is 6.92 Å². The smallest absolute Gasteiger partial charge is 0.254 e. The topological polar surface area (TPSA) is 79.7 Å². The van der Waals surface area contributed by atoms with Crippen LogP contribution in [0.1, 0.15) is 5.69 Å². The van der Waals surface area contributed by atoms with E-state index >= 15 is 0 Å². The zero-order valence-corrected chi connectivity index (χ0v) is 12.6. The molecule has 1 aromatic rings. The first-order chi connectivity index (χ1) is 8.28. The molecule has 0 fully saturated rings. The number of nitrogens with zero attached hydrogens (tertiary/aromatic N) is 2. The van der Waals surface area contributed by atoms with Crippen molar-refractivity contribution in [1.29, 1.82) is 0 Å². The van der Waals surface area contributed by atoms with Gasteiger partial charge in [0.15, 0.2) is 8.68 Å². The number of halogens is 1. The molecule has 9 heteroatoms. The highest BCUT2D eigenvalue weighted by atomic mass is 35.5. The van der Waals surface area contributed by atoms with Crippen LogP contribution in [0.25, 0.3) is 0 Å². The summed E-state index contributed by atoms with van der Waals surface area (Å²) in [6.45, 7) is 1.60. The van der Waals surface area contributed by atoms with Gasteiger partial charge >= 0.3 is 0 Å². The third kappa shape index (κ3) is 3.62. The van der Waals surface area contributed by atoms with Crippen molar-refractivity contribution in [3.63, 3.8) is 0 Å². The second-order valence-electron chi connectivity index (χ2n) is 3.73. The largest absolute Gasteiger partial charge is 0.389 e. The van der Waals surface area contributed by atoms with E-state index in [0.29, 0.717) is 5.69 Å². The normalized spacial score (nSPS) is 14.1. The summed E-state index contributed by atoms with van der Waals surface area (Å²) in [5, 5.41) is 9.53. The Balaban J connectivity index is 2.90. The Bertz CT molecular complexity index is 503. The molecule has 0 radical (unpaired) electrons. The molecule has 0 aliphatic heterocycles. The minimum absolute atomic E-state index is 0.0505. The molecule has 1 aromatic heterocycles. The maximum Gasteiger partial charge on any atom is 0.254 e. The molecule has 1 rings (SSSR count). The van der Waals surface area contributed by atoms with Gasteiger partial charge in [-0.1, -0.05) is 22.9 Å². The number of thiazole rings is 1. The van der Waals surface area contributed by atoms with Gasteiger partial charge in [0.05, 0.1) is 18.4 Å². The summed E-state index contributed by atoms with van der Waals surface area (Å²) < 4.78 is 30.5. The van der Waals surface area contributed by atoms with E-state index in [2.05, 4.69) is 4.98 Å². The molecule has 1 unspecified atom stereocenters. The van der Waals surface area contributed by atoms with E-state index in [1.807, 2.05) is 0 Å². The lowest BCUT2D eigenvalue weighted by Gasteiger charge is -2.19. The quantitative estimate of drug-likeness (QED) is 0.837. The van der Waals surface area contributed by atoms with E-state index < -0.39 is 16.1 Å². The summed E-state index contributed by atoms with van der Waals surface area (Å²) in [6.07, 6.45) is -0.876. The highest BCUT2D eigenvalue weighted by Gasteiger charge is 2.27. The first-order valence-electron chi connectivity index (χ1n) is 5.05. The molecule has 1 atom stereocenters. The Kier molecular flexibility index (Phi) is 5.50. The Morgan fingerprint density at radius 2 is 2.22 bits per heavy atom. The fourth-order valence-corrected chi connectivity index (χ4v) is 4.51. The Labute approximate surface area is 115 Å². The van der Waals surface area contributed by atoms with Crippen LogP contribution >= 0.6 is 22.9 Å². The molecule has 0 saturated carbocycles. The number of aryl methyl sites for hydroxylation is 1. The number of aliphatic hydroxyl groups excluding tert-OH is 1. The van der Waals surface area contributed by atoms with Gasteiger partial charge < -0.3 is 9.84 Å². The fraction of sp³-hybridized carbons (Fsp3) is 0.667. The van der Waals surface area contributed by atoms with Gasteiger partial charge in [0.2, 0.25) is 0 Å². The predicted octanol–water partition coefficient (Wildman–Crippen LogP) is 0.733. The van der Waals surface area contributed by atoms with Crippen molar-refractivity contribution in [2.24, 2.45) is 0 Å². The number of sulfonamides is 1. The number of likely N-dealkylation sites (N-methyl/N-ethyl adjacent to an activating group) is 1. The van der Waals surface area contributed by atoms with Crippen molar-refractivity contribution in [1.82, 2.24) is 9.29 Å². The van der Waals surface area contributed by atoms with Crippen LogP contribution in [0, 0.1) is 6.92 Å². The van der Waals surface area contributed by atoms with Gasteiger partial charge in [-0.25, -0.2) is 13.4 Å². The maximum absolute atomic E-state index is 12.2. The second-order valence-corrected chi connectivity index (χ2v) is 7.56. The Morgan fingerprint density at radius 3 is 2.67 bits per heavy atom. The number of rotatable bonds is 6. The molecule has 0 aliphatic carbocycles. The second kappa shape index (κ2) is 6.27. The SMILES string of the molecule is COCC(O)CN(C)S(=O)(=O)c1sc(Cl)nc1C. The number of ether oxygens (including phenoxy) is 1. The van der Waals surface area contributed by atoms with Gasteiger partial charge in [0.1, 0.15) is 0 Å². The zero-order valence-electron chi connectivity index (χ0n) is 10.3. The molecular formula is C9H15ClN2O4S2. The summed E-state index contributed by atoms with van der Waals surface area (Å²) in [4.78, 5) is 3.87. The molecule has 0 amide bonds. The molecule has 0 spiro atoms. The average molecular weight is 315 g/mol. The molecule has 1 N–H and O–H groups in total. The van der Waals surface area contributed by atoms with Crippen LogP contribution in [-0.2, 0) is 14.8 Å². The molecule has 0 aromatic carbocycles. The lowest BCUT2D eigenvalue weighted by atomic mass is 10.4. The third-order valence-corrected chi connectivity index (χ3v) is 5.87. The highest BCUT2D eigenvalue weighted by Crippen LogP contribution is 2.28. The van der Waals surface area contributed by atoms with Crippen molar-refractivity contribution < 1.29 is 18.3 Å². The molecular weight excluding hydrogens is 300 g/mol. The molecule has 1 heterocycles. The minimum atomic E-state index is -3.67. The number of aromatic nitrogens is 1. The molecule has 0 bridgehead atoms. The molecule has 18 heavy (non-hydrogen) atoms. The van der Waals surface area contributed by atoms with Crippen molar-refractivity contribution in [3.8, 4) is 0 Å².